The van der Waals surface area contributed by atoms with Gasteiger partial charge in [-0.25, -0.2) is 0 Å². The lowest BCUT2D eigenvalue weighted by molar-refractivity contribution is 0.355. The van der Waals surface area contributed by atoms with Gasteiger partial charge in [-0.05, 0) is 21.2 Å². The number of hydrogen-bond acceptors (Lipinski definition) is 0. The van der Waals surface area contributed by atoms with Crippen LogP contribution in [0.2, 0.25) is 36.5 Å². The average Bonchev–Trinajstić information content (AvgIpc) is 1.69. The highest BCUT2D eigenvalue weighted by Crippen LogP contribution is 2.68. The van der Waals surface area contributed by atoms with Crippen molar-refractivity contribution in [2.75, 3.05) is 0 Å². The third-order valence-electron chi connectivity index (χ3n) is 4.71. The van der Waals surface area contributed by atoms with Gasteiger partial charge in [-0.2, -0.15) is 0 Å². The zero-order chi connectivity index (χ0) is 13.2. The minimum Gasteiger partial charge on any atom is -0.0693 e. The standard InChI is InChI=1S/C14H32Si2/c1-13(2,3)11-15(7,8)12(14(4,5)6)16(11,9)10/h11-12H,1-10H3. The normalized spacial score (nSPS) is 33.4. The lowest BCUT2D eigenvalue weighted by Crippen LogP contribution is -2.74. The molecule has 0 radical (unpaired) electrons. The maximum Gasteiger partial charge on any atom is 0.0493 e. The van der Waals surface area contributed by atoms with Crippen LogP contribution in [-0.2, 0) is 0 Å². The Kier molecular flexibility index (Phi) is 3.14. The van der Waals surface area contributed by atoms with Crippen LogP contribution in [0.15, 0.2) is 0 Å². The SMILES string of the molecule is CC(C)(C)C1[Si](C)(C)C(C(C)(C)C)[Si]1(C)C. The van der Waals surface area contributed by atoms with Crippen LogP contribution >= 0.6 is 0 Å². The first-order valence-corrected chi connectivity index (χ1v) is 13.0. The summed E-state index contributed by atoms with van der Waals surface area (Å²) in [6, 6.07) is 0. The first kappa shape index (κ1) is 14.5. The summed E-state index contributed by atoms with van der Waals surface area (Å²) in [4.78, 5) is 0. The van der Waals surface area contributed by atoms with Crippen molar-refractivity contribution >= 4 is 16.1 Å². The summed E-state index contributed by atoms with van der Waals surface area (Å²) in [6.45, 7) is 25.4. The Hall–Kier alpha value is 0.434. The monoisotopic (exact) mass is 256 g/mol. The Bertz CT molecular complexity index is 234. The largest absolute Gasteiger partial charge is 0.0693 e. The minimum atomic E-state index is -1.05. The smallest absolute Gasteiger partial charge is 0.0493 e. The predicted octanol–water partition coefficient (Wildman–Crippen LogP) is 5.33. The van der Waals surface area contributed by atoms with E-state index in [1.165, 1.54) is 0 Å². The fourth-order valence-electron chi connectivity index (χ4n) is 6.62. The summed E-state index contributed by atoms with van der Waals surface area (Å²) in [5.74, 6) is 0. The number of hydrogen-bond donors (Lipinski definition) is 0. The highest BCUT2D eigenvalue weighted by atomic mass is 28.5. The zero-order valence-electron chi connectivity index (χ0n) is 13.2. The molecule has 1 aliphatic rings. The van der Waals surface area contributed by atoms with E-state index in [9.17, 15) is 0 Å². The van der Waals surface area contributed by atoms with Crippen LogP contribution in [-0.4, -0.2) is 16.1 Å². The molecule has 0 N–H and O–H groups in total. The van der Waals surface area contributed by atoms with E-state index in [0.717, 1.165) is 10.3 Å². The summed E-state index contributed by atoms with van der Waals surface area (Å²) in [5, 5.41) is 2.16. The fourth-order valence-corrected chi connectivity index (χ4v) is 32.3. The predicted molar refractivity (Wildman–Crippen MR) is 81.4 cm³/mol. The van der Waals surface area contributed by atoms with Gasteiger partial charge < -0.3 is 0 Å². The maximum atomic E-state index is 2.65. The van der Waals surface area contributed by atoms with Crippen LogP contribution in [0.1, 0.15) is 41.5 Å². The quantitative estimate of drug-likeness (QED) is 0.514. The first-order valence-electron chi connectivity index (χ1n) is 6.73. The van der Waals surface area contributed by atoms with Gasteiger partial charge in [0, 0.05) is 16.1 Å². The highest BCUT2D eigenvalue weighted by molar-refractivity contribution is 7.16. The van der Waals surface area contributed by atoms with Crippen molar-refractivity contribution in [2.45, 2.75) is 78.1 Å². The lowest BCUT2D eigenvalue weighted by atomic mass is 9.98. The molecule has 0 atom stereocenters. The molecule has 2 heteroatoms. The maximum absolute atomic E-state index is 2.65. The van der Waals surface area contributed by atoms with Gasteiger partial charge in [-0.3, -0.25) is 0 Å². The van der Waals surface area contributed by atoms with Crippen molar-refractivity contribution in [1.29, 1.82) is 0 Å². The van der Waals surface area contributed by atoms with Crippen LogP contribution < -0.4 is 0 Å². The second kappa shape index (κ2) is 3.47. The van der Waals surface area contributed by atoms with Gasteiger partial charge in [0.1, 0.15) is 0 Å². The van der Waals surface area contributed by atoms with Crippen molar-refractivity contribution in [2.24, 2.45) is 10.8 Å². The number of rotatable bonds is 0. The summed E-state index contributed by atoms with van der Waals surface area (Å²) >= 11 is 0. The topological polar surface area (TPSA) is 0 Å². The van der Waals surface area contributed by atoms with E-state index in [-0.39, 0.29) is 0 Å². The molecule has 0 unspecified atom stereocenters. The van der Waals surface area contributed by atoms with Crippen LogP contribution in [0.3, 0.4) is 0 Å². The summed E-state index contributed by atoms with van der Waals surface area (Å²) in [5.41, 5.74) is 1.07. The van der Waals surface area contributed by atoms with Crippen LogP contribution in [0.4, 0.5) is 0 Å². The van der Waals surface area contributed by atoms with Gasteiger partial charge >= 0.3 is 0 Å². The van der Waals surface area contributed by atoms with Gasteiger partial charge in [0.15, 0.2) is 0 Å². The van der Waals surface area contributed by atoms with Crippen molar-refractivity contribution in [1.82, 2.24) is 0 Å². The van der Waals surface area contributed by atoms with E-state index in [1.54, 1.807) is 0 Å². The highest BCUT2D eigenvalue weighted by Gasteiger charge is 2.69. The Morgan fingerprint density at radius 3 is 0.875 bits per heavy atom. The molecule has 0 nitrogen and oxygen atoms in total. The second-order valence-electron chi connectivity index (χ2n) is 9.24. The third-order valence-corrected chi connectivity index (χ3v) is 23.1. The Morgan fingerprint density at radius 1 is 0.562 bits per heavy atom. The van der Waals surface area contributed by atoms with Gasteiger partial charge in [-0.1, -0.05) is 67.7 Å². The average molecular weight is 257 g/mol. The first-order chi connectivity index (χ1) is 6.73. The molecule has 0 amide bonds. The lowest BCUT2D eigenvalue weighted by Gasteiger charge is -2.70. The summed E-state index contributed by atoms with van der Waals surface area (Å²) < 4.78 is 0. The Morgan fingerprint density at radius 2 is 0.750 bits per heavy atom. The van der Waals surface area contributed by atoms with Crippen molar-refractivity contribution in [3.05, 3.63) is 0 Å². The Balaban J connectivity index is 3.15. The van der Waals surface area contributed by atoms with E-state index in [4.69, 9.17) is 0 Å². The molecule has 0 aromatic rings. The molecular weight excluding hydrogens is 224 g/mol. The van der Waals surface area contributed by atoms with E-state index in [0.29, 0.717) is 10.8 Å². The van der Waals surface area contributed by atoms with Crippen molar-refractivity contribution < 1.29 is 0 Å². The fraction of sp³-hybridized carbons (Fsp3) is 1.00. The summed E-state index contributed by atoms with van der Waals surface area (Å²) in [6.07, 6.45) is 0. The Labute approximate surface area is 105 Å². The van der Waals surface area contributed by atoms with Crippen molar-refractivity contribution in [3.8, 4) is 0 Å². The van der Waals surface area contributed by atoms with Crippen molar-refractivity contribution in [3.63, 3.8) is 0 Å². The second-order valence-corrected chi connectivity index (χ2v) is 20.0. The van der Waals surface area contributed by atoms with Gasteiger partial charge in [0.05, 0.1) is 0 Å². The van der Waals surface area contributed by atoms with Crippen LogP contribution in [0, 0.1) is 10.8 Å². The van der Waals surface area contributed by atoms with Crippen LogP contribution in [0.5, 0.6) is 0 Å². The molecule has 16 heavy (non-hydrogen) atoms. The van der Waals surface area contributed by atoms with Gasteiger partial charge in [0.25, 0.3) is 0 Å². The molecule has 96 valence electrons. The zero-order valence-corrected chi connectivity index (χ0v) is 15.2. The van der Waals surface area contributed by atoms with E-state index >= 15 is 0 Å². The molecule has 0 aromatic carbocycles. The van der Waals surface area contributed by atoms with Gasteiger partial charge in [-0.15, -0.1) is 0 Å². The molecule has 0 saturated carbocycles. The molecule has 1 fully saturated rings. The summed E-state index contributed by atoms with van der Waals surface area (Å²) in [7, 11) is -2.11. The minimum absolute atomic E-state index is 0.535. The molecule has 1 heterocycles. The molecule has 1 aliphatic heterocycles. The van der Waals surface area contributed by atoms with Crippen LogP contribution in [0.25, 0.3) is 0 Å². The molecule has 1 rings (SSSR count). The van der Waals surface area contributed by atoms with E-state index in [1.807, 2.05) is 0 Å². The molecule has 0 aliphatic carbocycles. The molecular formula is C14H32Si2. The molecule has 0 aromatic heterocycles. The van der Waals surface area contributed by atoms with E-state index in [2.05, 4.69) is 67.7 Å². The van der Waals surface area contributed by atoms with Gasteiger partial charge in [0.2, 0.25) is 0 Å². The molecule has 0 bridgehead atoms. The third kappa shape index (κ3) is 1.96. The van der Waals surface area contributed by atoms with E-state index < -0.39 is 16.1 Å². The molecule has 0 spiro atoms. The molecule has 1 saturated heterocycles.